The first-order valence-corrected chi connectivity index (χ1v) is 5.59. The molecule has 0 aromatic carbocycles. The van der Waals surface area contributed by atoms with E-state index in [9.17, 15) is 0 Å². The first kappa shape index (κ1) is 12.1. The zero-order valence-corrected chi connectivity index (χ0v) is 9.92. The van der Waals surface area contributed by atoms with E-state index in [4.69, 9.17) is 16.3 Å². The van der Waals surface area contributed by atoms with Gasteiger partial charge in [-0.3, -0.25) is 0 Å². The van der Waals surface area contributed by atoms with Crippen molar-refractivity contribution in [3.8, 4) is 5.88 Å². The van der Waals surface area contributed by atoms with Crippen LogP contribution in [0.3, 0.4) is 0 Å². The second-order valence-corrected chi connectivity index (χ2v) is 3.93. The number of ether oxygens (including phenoxy) is 1. The lowest BCUT2D eigenvalue weighted by molar-refractivity contribution is 0.398. The standard InChI is InChI=1S/C11H17ClN2O/c1-9(3-5-12)8-14-10-4-6-13-11(7-10)15-2/h4,6-7,9H,3,5,8H2,1-2H3,(H,13,14). The van der Waals surface area contributed by atoms with Crippen molar-refractivity contribution in [1.82, 2.24) is 4.98 Å². The summed E-state index contributed by atoms with van der Waals surface area (Å²) in [7, 11) is 1.61. The SMILES string of the molecule is COc1cc(NCC(C)CCCl)ccn1. The second kappa shape index (κ2) is 6.51. The summed E-state index contributed by atoms with van der Waals surface area (Å²) >= 11 is 5.67. The number of anilines is 1. The van der Waals surface area contributed by atoms with Gasteiger partial charge >= 0.3 is 0 Å². The molecule has 0 aliphatic rings. The van der Waals surface area contributed by atoms with Crippen LogP contribution in [0.15, 0.2) is 18.3 Å². The van der Waals surface area contributed by atoms with Crippen molar-refractivity contribution in [2.75, 3.05) is 24.9 Å². The fourth-order valence-electron chi connectivity index (χ4n) is 1.21. The number of methoxy groups -OCH3 is 1. The molecule has 0 spiro atoms. The number of hydrogen-bond acceptors (Lipinski definition) is 3. The summed E-state index contributed by atoms with van der Waals surface area (Å²) in [6.07, 6.45) is 2.75. The van der Waals surface area contributed by atoms with Gasteiger partial charge in [0, 0.05) is 30.4 Å². The molecule has 3 nitrogen and oxygen atoms in total. The molecule has 1 aromatic rings. The summed E-state index contributed by atoms with van der Waals surface area (Å²) in [5, 5.41) is 3.33. The third-order valence-corrected chi connectivity index (χ3v) is 2.42. The fraction of sp³-hybridized carbons (Fsp3) is 0.545. The molecule has 1 atom stereocenters. The van der Waals surface area contributed by atoms with Gasteiger partial charge in [0.2, 0.25) is 5.88 Å². The van der Waals surface area contributed by atoms with Crippen LogP contribution in [0, 0.1) is 5.92 Å². The van der Waals surface area contributed by atoms with E-state index < -0.39 is 0 Å². The molecule has 1 aromatic heterocycles. The van der Waals surface area contributed by atoms with Crippen LogP contribution >= 0.6 is 11.6 Å². The maximum absolute atomic E-state index is 5.67. The Morgan fingerprint density at radius 2 is 2.40 bits per heavy atom. The van der Waals surface area contributed by atoms with E-state index in [1.165, 1.54) is 0 Å². The molecular formula is C11H17ClN2O. The number of hydrogen-bond donors (Lipinski definition) is 1. The Morgan fingerprint density at radius 3 is 3.07 bits per heavy atom. The average Bonchev–Trinajstić information content (AvgIpc) is 2.27. The highest BCUT2D eigenvalue weighted by Crippen LogP contribution is 2.14. The Hall–Kier alpha value is -0.960. The topological polar surface area (TPSA) is 34.1 Å². The van der Waals surface area contributed by atoms with Crippen LogP contribution in [0.25, 0.3) is 0 Å². The monoisotopic (exact) mass is 228 g/mol. The molecule has 0 amide bonds. The minimum Gasteiger partial charge on any atom is -0.481 e. The van der Waals surface area contributed by atoms with Crippen LogP contribution in [0.1, 0.15) is 13.3 Å². The number of nitrogens with one attached hydrogen (secondary N) is 1. The summed E-state index contributed by atoms with van der Waals surface area (Å²) in [4.78, 5) is 4.04. The van der Waals surface area contributed by atoms with E-state index in [0.29, 0.717) is 17.7 Å². The van der Waals surface area contributed by atoms with Gasteiger partial charge in [-0.15, -0.1) is 11.6 Å². The molecule has 0 fully saturated rings. The van der Waals surface area contributed by atoms with E-state index in [2.05, 4.69) is 17.2 Å². The normalized spacial score (nSPS) is 12.2. The highest BCUT2D eigenvalue weighted by Gasteiger charge is 2.01. The largest absolute Gasteiger partial charge is 0.481 e. The molecule has 0 saturated heterocycles. The predicted molar refractivity (Wildman–Crippen MR) is 63.8 cm³/mol. The summed E-state index contributed by atoms with van der Waals surface area (Å²) < 4.78 is 5.04. The Labute approximate surface area is 95.8 Å². The predicted octanol–water partition coefficient (Wildman–Crippen LogP) is 2.77. The third-order valence-electron chi connectivity index (χ3n) is 2.20. The molecule has 1 heterocycles. The Morgan fingerprint density at radius 1 is 1.60 bits per heavy atom. The first-order valence-electron chi connectivity index (χ1n) is 5.06. The molecule has 1 N–H and O–H groups in total. The lowest BCUT2D eigenvalue weighted by Gasteiger charge is -2.12. The van der Waals surface area contributed by atoms with Crippen LogP contribution in [-0.2, 0) is 0 Å². The molecule has 0 aliphatic heterocycles. The Bertz CT molecular complexity index is 294. The molecule has 0 bridgehead atoms. The van der Waals surface area contributed by atoms with E-state index in [-0.39, 0.29) is 0 Å². The molecule has 1 unspecified atom stereocenters. The van der Waals surface area contributed by atoms with Crippen molar-refractivity contribution in [3.63, 3.8) is 0 Å². The van der Waals surface area contributed by atoms with E-state index >= 15 is 0 Å². The van der Waals surface area contributed by atoms with Gasteiger partial charge in [-0.05, 0) is 18.4 Å². The maximum atomic E-state index is 5.67. The smallest absolute Gasteiger partial charge is 0.214 e. The molecule has 15 heavy (non-hydrogen) atoms. The van der Waals surface area contributed by atoms with E-state index in [1.807, 2.05) is 12.1 Å². The molecule has 0 aliphatic carbocycles. The van der Waals surface area contributed by atoms with Gasteiger partial charge in [0.25, 0.3) is 0 Å². The number of halogens is 1. The van der Waals surface area contributed by atoms with Gasteiger partial charge in [0.1, 0.15) is 0 Å². The van der Waals surface area contributed by atoms with Gasteiger partial charge < -0.3 is 10.1 Å². The van der Waals surface area contributed by atoms with E-state index in [1.54, 1.807) is 13.3 Å². The number of aromatic nitrogens is 1. The number of nitrogens with zero attached hydrogens (tertiary/aromatic N) is 1. The van der Waals surface area contributed by atoms with Crippen molar-refractivity contribution in [1.29, 1.82) is 0 Å². The molecule has 0 radical (unpaired) electrons. The van der Waals surface area contributed by atoms with Gasteiger partial charge in [-0.2, -0.15) is 0 Å². The lowest BCUT2D eigenvalue weighted by atomic mass is 10.1. The second-order valence-electron chi connectivity index (χ2n) is 3.55. The van der Waals surface area contributed by atoms with Crippen molar-refractivity contribution >= 4 is 17.3 Å². The first-order chi connectivity index (χ1) is 7.26. The van der Waals surface area contributed by atoms with Gasteiger partial charge in [0.05, 0.1) is 7.11 Å². The summed E-state index contributed by atoms with van der Waals surface area (Å²) in [6, 6.07) is 3.81. The Balaban J connectivity index is 2.43. The van der Waals surface area contributed by atoms with Crippen LogP contribution in [-0.4, -0.2) is 24.5 Å². The zero-order chi connectivity index (χ0) is 11.1. The minimum absolute atomic E-state index is 0.571. The summed E-state index contributed by atoms with van der Waals surface area (Å²) in [5.41, 5.74) is 1.03. The van der Waals surface area contributed by atoms with Crippen molar-refractivity contribution in [2.45, 2.75) is 13.3 Å². The van der Waals surface area contributed by atoms with Crippen LogP contribution in [0.5, 0.6) is 5.88 Å². The number of alkyl halides is 1. The fourth-order valence-corrected chi connectivity index (χ4v) is 1.58. The highest BCUT2D eigenvalue weighted by molar-refractivity contribution is 6.17. The molecular weight excluding hydrogens is 212 g/mol. The highest BCUT2D eigenvalue weighted by atomic mass is 35.5. The summed E-state index contributed by atoms with van der Waals surface area (Å²) in [5.74, 6) is 1.91. The summed E-state index contributed by atoms with van der Waals surface area (Å²) in [6.45, 7) is 3.09. The van der Waals surface area contributed by atoms with Gasteiger partial charge in [-0.1, -0.05) is 6.92 Å². The third kappa shape index (κ3) is 4.38. The van der Waals surface area contributed by atoms with Gasteiger partial charge in [-0.25, -0.2) is 4.98 Å². The van der Waals surface area contributed by atoms with Crippen molar-refractivity contribution in [2.24, 2.45) is 5.92 Å². The number of pyridine rings is 1. The molecule has 84 valence electrons. The minimum atomic E-state index is 0.571. The molecule has 0 saturated carbocycles. The van der Waals surface area contributed by atoms with Crippen LogP contribution in [0.2, 0.25) is 0 Å². The average molecular weight is 229 g/mol. The van der Waals surface area contributed by atoms with Crippen LogP contribution in [0.4, 0.5) is 5.69 Å². The van der Waals surface area contributed by atoms with Crippen LogP contribution < -0.4 is 10.1 Å². The van der Waals surface area contributed by atoms with Gasteiger partial charge in [0.15, 0.2) is 0 Å². The number of rotatable bonds is 6. The lowest BCUT2D eigenvalue weighted by Crippen LogP contribution is -2.11. The maximum Gasteiger partial charge on any atom is 0.214 e. The van der Waals surface area contributed by atoms with E-state index in [0.717, 1.165) is 18.7 Å². The zero-order valence-electron chi connectivity index (χ0n) is 9.16. The van der Waals surface area contributed by atoms with Crippen molar-refractivity contribution in [3.05, 3.63) is 18.3 Å². The molecule has 4 heteroatoms. The Kier molecular flexibility index (Phi) is 5.26. The van der Waals surface area contributed by atoms with Crippen molar-refractivity contribution < 1.29 is 4.74 Å². The molecule has 1 rings (SSSR count). The quantitative estimate of drug-likeness (QED) is 0.761.